The molecule has 0 unspecified atom stereocenters. The maximum Gasteiger partial charge on any atom is 0.335 e. The first-order chi connectivity index (χ1) is 17.1. The number of amides is 4. The third kappa shape index (κ3) is 5.29. The second-order valence-electron chi connectivity index (χ2n) is 7.79. The summed E-state index contributed by atoms with van der Waals surface area (Å²) in [6.45, 7) is 1.79. The van der Waals surface area contributed by atoms with Crippen LogP contribution in [-0.2, 0) is 16.2 Å². The molecule has 182 valence electrons. The van der Waals surface area contributed by atoms with E-state index in [0.29, 0.717) is 28.1 Å². The van der Waals surface area contributed by atoms with Gasteiger partial charge in [0.1, 0.15) is 17.9 Å². The molecule has 11 heteroatoms. The molecule has 0 saturated carbocycles. The van der Waals surface area contributed by atoms with Crippen LogP contribution in [0.25, 0.3) is 6.08 Å². The second kappa shape index (κ2) is 10.3. The monoisotopic (exact) mass is 569 g/mol. The maximum absolute atomic E-state index is 13.1. The first kappa shape index (κ1) is 25.1. The Morgan fingerprint density at radius 2 is 1.89 bits per heavy atom. The topological polar surface area (TPSA) is 119 Å². The minimum Gasteiger partial charge on any atom is -0.487 e. The lowest BCUT2D eigenvalue weighted by molar-refractivity contribution is -0.384. The van der Waals surface area contributed by atoms with Crippen molar-refractivity contribution in [1.82, 2.24) is 5.32 Å². The summed E-state index contributed by atoms with van der Waals surface area (Å²) < 4.78 is 6.46. The normalized spacial score (nSPS) is 14.7. The number of imide groups is 2. The smallest absolute Gasteiger partial charge is 0.335 e. The van der Waals surface area contributed by atoms with E-state index < -0.39 is 22.8 Å². The number of ether oxygens (including phenoxy) is 1. The number of hydrogen-bond donors (Lipinski definition) is 1. The molecule has 1 aliphatic heterocycles. The number of benzene rings is 3. The first-order valence-electron chi connectivity index (χ1n) is 10.5. The highest BCUT2D eigenvalue weighted by molar-refractivity contribution is 9.10. The third-order valence-corrected chi connectivity index (χ3v) is 6.07. The Bertz CT molecular complexity index is 1460. The van der Waals surface area contributed by atoms with Gasteiger partial charge in [-0.25, -0.2) is 9.69 Å². The minimum absolute atomic E-state index is 0.0480. The molecule has 0 bridgehead atoms. The lowest BCUT2D eigenvalue weighted by Crippen LogP contribution is -2.54. The molecule has 1 N–H and O–H groups in total. The molecular formula is C25H17BrClN3O6. The highest BCUT2D eigenvalue weighted by Gasteiger charge is 2.37. The molecule has 0 spiro atoms. The number of halogens is 2. The van der Waals surface area contributed by atoms with E-state index in [2.05, 4.69) is 21.2 Å². The average molecular weight is 571 g/mol. The summed E-state index contributed by atoms with van der Waals surface area (Å²) in [5, 5.41) is 13.3. The number of nitrogens with zero attached hydrogens (tertiary/aromatic N) is 2. The van der Waals surface area contributed by atoms with Crippen molar-refractivity contribution in [2.45, 2.75) is 13.5 Å². The van der Waals surface area contributed by atoms with Gasteiger partial charge in [0.05, 0.1) is 15.6 Å². The van der Waals surface area contributed by atoms with Crippen LogP contribution >= 0.6 is 27.5 Å². The maximum atomic E-state index is 13.1. The summed E-state index contributed by atoms with van der Waals surface area (Å²) in [6.07, 6.45) is 1.33. The molecular weight excluding hydrogens is 554 g/mol. The Hall–Kier alpha value is -4.02. The van der Waals surface area contributed by atoms with Crippen molar-refractivity contribution < 1.29 is 24.0 Å². The minimum atomic E-state index is -0.837. The number of aryl methyl sites for hydroxylation is 1. The third-order valence-electron chi connectivity index (χ3n) is 5.28. The van der Waals surface area contributed by atoms with Gasteiger partial charge in [-0.1, -0.05) is 45.7 Å². The molecule has 0 aromatic heterocycles. The van der Waals surface area contributed by atoms with E-state index in [-0.39, 0.29) is 22.9 Å². The predicted octanol–water partition coefficient (Wildman–Crippen LogP) is 5.56. The van der Waals surface area contributed by atoms with Gasteiger partial charge in [-0.05, 0) is 60.0 Å². The van der Waals surface area contributed by atoms with E-state index in [9.17, 15) is 24.5 Å². The highest BCUT2D eigenvalue weighted by atomic mass is 79.9. The van der Waals surface area contributed by atoms with Crippen LogP contribution in [0.15, 0.2) is 70.7 Å². The number of rotatable bonds is 6. The SMILES string of the molecule is Cc1cc(Br)ccc1N1C(=O)NC(=O)/C(=C/c2ccc(OCc3cccc([N+](=O)[O-])c3)c(Cl)c2)C1=O. The van der Waals surface area contributed by atoms with Crippen LogP contribution < -0.4 is 15.0 Å². The van der Waals surface area contributed by atoms with E-state index in [1.807, 2.05) is 0 Å². The molecule has 0 aliphatic carbocycles. The van der Waals surface area contributed by atoms with Gasteiger partial charge in [0.15, 0.2) is 0 Å². The van der Waals surface area contributed by atoms with Crippen LogP contribution in [0.3, 0.4) is 0 Å². The summed E-state index contributed by atoms with van der Waals surface area (Å²) in [7, 11) is 0. The Morgan fingerprint density at radius 1 is 1.11 bits per heavy atom. The van der Waals surface area contributed by atoms with Crippen molar-refractivity contribution in [2.24, 2.45) is 0 Å². The lowest BCUT2D eigenvalue weighted by atomic mass is 10.1. The zero-order valence-electron chi connectivity index (χ0n) is 18.7. The van der Waals surface area contributed by atoms with Gasteiger partial charge in [0.2, 0.25) is 0 Å². The molecule has 1 fully saturated rings. The molecule has 4 amide bonds. The summed E-state index contributed by atoms with van der Waals surface area (Å²) in [4.78, 5) is 49.4. The van der Waals surface area contributed by atoms with Crippen molar-refractivity contribution in [3.63, 3.8) is 0 Å². The Balaban J connectivity index is 1.56. The highest BCUT2D eigenvalue weighted by Crippen LogP contribution is 2.30. The summed E-state index contributed by atoms with van der Waals surface area (Å²) in [5.74, 6) is -1.28. The van der Waals surface area contributed by atoms with Gasteiger partial charge >= 0.3 is 6.03 Å². The van der Waals surface area contributed by atoms with Crippen molar-refractivity contribution >= 4 is 62.8 Å². The number of carbonyl (C=O) groups excluding carboxylic acids is 3. The quantitative estimate of drug-likeness (QED) is 0.179. The molecule has 4 rings (SSSR count). The summed E-state index contributed by atoms with van der Waals surface area (Å²) >= 11 is 9.68. The Morgan fingerprint density at radius 3 is 2.58 bits per heavy atom. The zero-order chi connectivity index (χ0) is 26.0. The van der Waals surface area contributed by atoms with Gasteiger partial charge in [-0.2, -0.15) is 0 Å². The van der Waals surface area contributed by atoms with E-state index in [1.54, 1.807) is 49.4 Å². The van der Waals surface area contributed by atoms with Gasteiger partial charge in [-0.15, -0.1) is 0 Å². The van der Waals surface area contributed by atoms with Crippen molar-refractivity contribution in [3.05, 3.63) is 103 Å². The van der Waals surface area contributed by atoms with E-state index in [1.165, 1.54) is 24.3 Å². The molecule has 9 nitrogen and oxygen atoms in total. The lowest BCUT2D eigenvalue weighted by Gasteiger charge is -2.27. The summed E-state index contributed by atoms with van der Waals surface area (Å²) in [5.41, 5.74) is 1.74. The van der Waals surface area contributed by atoms with Crippen LogP contribution in [0.4, 0.5) is 16.2 Å². The molecule has 1 heterocycles. The number of barbiturate groups is 1. The second-order valence-corrected chi connectivity index (χ2v) is 9.12. The molecule has 3 aromatic rings. The number of urea groups is 1. The number of non-ortho nitro benzene ring substituents is 1. The molecule has 0 atom stereocenters. The number of carbonyl (C=O) groups is 3. The standard InChI is InChI=1S/C25H17BrClN3O6/c1-14-9-17(26)6-7-21(14)29-24(32)19(23(31)28-25(29)33)11-15-5-8-22(20(27)12-15)36-13-16-3-2-4-18(10-16)30(34)35/h2-12H,13H2,1H3,(H,28,31,33)/b19-11-. The van der Waals surface area contributed by atoms with Gasteiger partial charge in [0.25, 0.3) is 17.5 Å². The number of hydrogen-bond acceptors (Lipinski definition) is 6. The zero-order valence-corrected chi connectivity index (χ0v) is 21.0. The van der Waals surface area contributed by atoms with Crippen LogP contribution in [0.1, 0.15) is 16.7 Å². The largest absolute Gasteiger partial charge is 0.487 e. The number of anilines is 1. The first-order valence-corrected chi connectivity index (χ1v) is 11.6. The van der Waals surface area contributed by atoms with E-state index in [0.717, 1.165) is 9.37 Å². The molecule has 36 heavy (non-hydrogen) atoms. The van der Waals surface area contributed by atoms with Gasteiger partial charge in [0, 0.05) is 16.6 Å². The predicted molar refractivity (Wildman–Crippen MR) is 137 cm³/mol. The van der Waals surface area contributed by atoms with E-state index in [4.69, 9.17) is 16.3 Å². The van der Waals surface area contributed by atoms with Crippen LogP contribution in [0.2, 0.25) is 5.02 Å². The fraction of sp³-hybridized carbons (Fsp3) is 0.0800. The Labute approximate surface area is 218 Å². The molecule has 1 aliphatic rings. The number of nitrogens with one attached hydrogen (secondary N) is 1. The fourth-order valence-electron chi connectivity index (χ4n) is 3.56. The van der Waals surface area contributed by atoms with Crippen molar-refractivity contribution in [3.8, 4) is 5.75 Å². The number of nitro groups is 1. The van der Waals surface area contributed by atoms with Gasteiger partial charge in [-0.3, -0.25) is 25.0 Å². The van der Waals surface area contributed by atoms with Crippen molar-refractivity contribution in [1.29, 1.82) is 0 Å². The molecule has 1 saturated heterocycles. The fourth-order valence-corrected chi connectivity index (χ4v) is 4.28. The molecule has 0 radical (unpaired) electrons. The van der Waals surface area contributed by atoms with Crippen LogP contribution in [0, 0.1) is 17.0 Å². The van der Waals surface area contributed by atoms with Crippen molar-refractivity contribution in [2.75, 3.05) is 4.90 Å². The van der Waals surface area contributed by atoms with E-state index >= 15 is 0 Å². The van der Waals surface area contributed by atoms with Crippen LogP contribution in [0.5, 0.6) is 5.75 Å². The Kier molecular flexibility index (Phi) is 7.18. The van der Waals surface area contributed by atoms with Crippen LogP contribution in [-0.4, -0.2) is 22.8 Å². The summed E-state index contributed by atoms with van der Waals surface area (Å²) in [6, 6.07) is 14.9. The average Bonchev–Trinajstić information content (AvgIpc) is 2.82. The number of nitro benzene ring substituents is 1. The molecule has 3 aromatic carbocycles. The van der Waals surface area contributed by atoms with Gasteiger partial charge < -0.3 is 4.74 Å².